The van der Waals surface area contributed by atoms with Crippen LogP contribution in [0, 0.1) is 5.41 Å². The minimum Gasteiger partial charge on any atom is -0.330 e. The highest BCUT2D eigenvalue weighted by Gasteiger charge is 2.44. The van der Waals surface area contributed by atoms with Crippen molar-refractivity contribution < 1.29 is 0 Å². The summed E-state index contributed by atoms with van der Waals surface area (Å²) < 4.78 is 0. The fraction of sp³-hybridized carbons (Fsp3) is 1.00. The summed E-state index contributed by atoms with van der Waals surface area (Å²) in [6, 6.07) is 0.763. The lowest BCUT2D eigenvalue weighted by Crippen LogP contribution is -2.23. The molecule has 0 aromatic heterocycles. The van der Waals surface area contributed by atoms with Gasteiger partial charge in [0.05, 0.1) is 0 Å². The average molecular weight is 142 g/mol. The van der Waals surface area contributed by atoms with Crippen LogP contribution >= 0.6 is 0 Å². The van der Waals surface area contributed by atoms with Gasteiger partial charge in [-0.25, -0.2) is 0 Å². The topological polar surface area (TPSA) is 38.0 Å². The largest absolute Gasteiger partial charge is 0.330 e. The number of hydrogen-bond donors (Lipinski definition) is 2. The summed E-state index contributed by atoms with van der Waals surface area (Å²) in [5.74, 6) is 0. The molecule has 1 fully saturated rings. The van der Waals surface area contributed by atoms with Gasteiger partial charge >= 0.3 is 0 Å². The molecule has 0 radical (unpaired) electrons. The third-order valence-corrected chi connectivity index (χ3v) is 2.29. The van der Waals surface area contributed by atoms with E-state index in [0.29, 0.717) is 5.41 Å². The first-order valence-corrected chi connectivity index (χ1v) is 4.10. The Labute approximate surface area is 63.2 Å². The number of nitrogens with two attached hydrogens (primary N) is 1. The highest BCUT2D eigenvalue weighted by Crippen LogP contribution is 2.44. The second-order valence-corrected chi connectivity index (χ2v) is 3.84. The molecule has 2 nitrogen and oxygen atoms in total. The molecular weight excluding hydrogens is 124 g/mol. The van der Waals surface area contributed by atoms with Crippen molar-refractivity contribution in [3.8, 4) is 0 Å². The quantitative estimate of drug-likeness (QED) is 0.568. The van der Waals surface area contributed by atoms with Crippen molar-refractivity contribution in [2.24, 2.45) is 11.1 Å². The summed E-state index contributed by atoms with van der Waals surface area (Å²) in [6.45, 7) is 6.49. The number of rotatable bonds is 4. The Morgan fingerprint density at radius 1 is 1.60 bits per heavy atom. The Bertz CT molecular complexity index is 110. The molecule has 1 atom stereocenters. The van der Waals surface area contributed by atoms with Crippen LogP contribution in [0.15, 0.2) is 0 Å². The monoisotopic (exact) mass is 142 g/mol. The summed E-state index contributed by atoms with van der Waals surface area (Å²) in [4.78, 5) is 0. The molecule has 0 aliphatic heterocycles. The third-order valence-electron chi connectivity index (χ3n) is 2.29. The smallest absolute Gasteiger partial charge is 0.0124 e. The second-order valence-electron chi connectivity index (χ2n) is 3.84. The number of nitrogens with one attached hydrogen (secondary N) is 1. The van der Waals surface area contributed by atoms with Gasteiger partial charge in [0.25, 0.3) is 0 Å². The van der Waals surface area contributed by atoms with Crippen molar-refractivity contribution in [1.82, 2.24) is 5.32 Å². The molecule has 10 heavy (non-hydrogen) atoms. The van der Waals surface area contributed by atoms with Gasteiger partial charge in [0, 0.05) is 6.04 Å². The molecule has 0 spiro atoms. The third kappa shape index (κ3) is 1.96. The van der Waals surface area contributed by atoms with Crippen LogP contribution in [0.4, 0.5) is 0 Å². The SMILES string of the molecule is CC1(C)CC1NCCCN. The van der Waals surface area contributed by atoms with Gasteiger partial charge in [-0.05, 0) is 31.3 Å². The minimum atomic E-state index is 0.564. The Balaban J connectivity index is 1.97. The molecule has 1 aliphatic rings. The van der Waals surface area contributed by atoms with Crippen molar-refractivity contribution >= 4 is 0 Å². The van der Waals surface area contributed by atoms with Crippen molar-refractivity contribution in [3.63, 3.8) is 0 Å². The zero-order valence-corrected chi connectivity index (χ0v) is 6.98. The highest BCUT2D eigenvalue weighted by molar-refractivity contribution is 5.01. The Morgan fingerprint density at radius 2 is 2.20 bits per heavy atom. The molecule has 1 unspecified atom stereocenters. The fourth-order valence-corrected chi connectivity index (χ4v) is 1.19. The first-order valence-electron chi connectivity index (χ1n) is 4.10. The van der Waals surface area contributed by atoms with E-state index < -0.39 is 0 Å². The second kappa shape index (κ2) is 2.89. The standard InChI is InChI=1S/C8H18N2/c1-8(2)6-7(8)10-5-3-4-9/h7,10H,3-6,9H2,1-2H3. The predicted molar refractivity (Wildman–Crippen MR) is 43.9 cm³/mol. The molecule has 0 heterocycles. The van der Waals surface area contributed by atoms with E-state index in [1.54, 1.807) is 0 Å². The summed E-state index contributed by atoms with van der Waals surface area (Å²) in [7, 11) is 0. The number of hydrogen-bond acceptors (Lipinski definition) is 2. The van der Waals surface area contributed by atoms with E-state index in [0.717, 1.165) is 25.6 Å². The predicted octanol–water partition coefficient (Wildman–Crippen LogP) is 0.723. The average Bonchev–Trinajstić information content (AvgIpc) is 2.41. The van der Waals surface area contributed by atoms with E-state index >= 15 is 0 Å². The first-order chi connectivity index (χ1) is 4.67. The molecule has 0 bridgehead atoms. The van der Waals surface area contributed by atoms with E-state index in [2.05, 4.69) is 19.2 Å². The first kappa shape index (κ1) is 8.02. The van der Waals surface area contributed by atoms with Gasteiger partial charge in [0.1, 0.15) is 0 Å². The van der Waals surface area contributed by atoms with E-state index in [4.69, 9.17) is 5.73 Å². The van der Waals surface area contributed by atoms with Gasteiger partial charge in [0.2, 0.25) is 0 Å². The van der Waals surface area contributed by atoms with Gasteiger partial charge in [-0.2, -0.15) is 0 Å². The van der Waals surface area contributed by atoms with Crippen LogP contribution in [-0.4, -0.2) is 19.1 Å². The lowest BCUT2D eigenvalue weighted by molar-refractivity contribution is 0.536. The van der Waals surface area contributed by atoms with Crippen LogP contribution in [0.25, 0.3) is 0 Å². The van der Waals surface area contributed by atoms with Crippen LogP contribution in [0.1, 0.15) is 26.7 Å². The Hall–Kier alpha value is -0.0800. The van der Waals surface area contributed by atoms with E-state index in [-0.39, 0.29) is 0 Å². The molecule has 0 aromatic rings. The Morgan fingerprint density at radius 3 is 2.60 bits per heavy atom. The van der Waals surface area contributed by atoms with Crippen LogP contribution in [0.2, 0.25) is 0 Å². The van der Waals surface area contributed by atoms with E-state index in [9.17, 15) is 0 Å². The van der Waals surface area contributed by atoms with Gasteiger partial charge in [-0.3, -0.25) is 0 Å². The van der Waals surface area contributed by atoms with Gasteiger partial charge < -0.3 is 11.1 Å². The van der Waals surface area contributed by atoms with Crippen molar-refractivity contribution in [3.05, 3.63) is 0 Å². The lowest BCUT2D eigenvalue weighted by Gasteiger charge is -2.04. The zero-order valence-electron chi connectivity index (χ0n) is 6.98. The molecule has 1 saturated carbocycles. The van der Waals surface area contributed by atoms with Gasteiger partial charge in [0.15, 0.2) is 0 Å². The lowest BCUT2D eigenvalue weighted by atomic mass is 10.2. The molecule has 2 heteroatoms. The highest BCUT2D eigenvalue weighted by atomic mass is 15.0. The van der Waals surface area contributed by atoms with E-state index in [1.165, 1.54) is 6.42 Å². The molecule has 1 rings (SSSR count). The molecular formula is C8H18N2. The normalized spacial score (nSPS) is 28.5. The van der Waals surface area contributed by atoms with Crippen LogP contribution in [0.5, 0.6) is 0 Å². The Kier molecular flexibility index (Phi) is 2.32. The summed E-state index contributed by atoms with van der Waals surface area (Å²) in [5, 5.41) is 3.47. The van der Waals surface area contributed by atoms with Crippen LogP contribution in [0.3, 0.4) is 0 Å². The molecule has 0 amide bonds. The summed E-state index contributed by atoms with van der Waals surface area (Å²) in [6.07, 6.45) is 2.43. The van der Waals surface area contributed by atoms with Crippen molar-refractivity contribution in [1.29, 1.82) is 0 Å². The van der Waals surface area contributed by atoms with Gasteiger partial charge in [-0.15, -0.1) is 0 Å². The van der Waals surface area contributed by atoms with Crippen LogP contribution in [-0.2, 0) is 0 Å². The van der Waals surface area contributed by atoms with Crippen LogP contribution < -0.4 is 11.1 Å². The summed E-state index contributed by atoms with van der Waals surface area (Å²) in [5.41, 5.74) is 5.93. The molecule has 0 saturated heterocycles. The molecule has 3 N–H and O–H groups in total. The maximum absolute atomic E-state index is 5.36. The van der Waals surface area contributed by atoms with Gasteiger partial charge in [-0.1, -0.05) is 13.8 Å². The fourth-order valence-electron chi connectivity index (χ4n) is 1.19. The van der Waals surface area contributed by atoms with Crippen molar-refractivity contribution in [2.45, 2.75) is 32.7 Å². The summed E-state index contributed by atoms with van der Waals surface area (Å²) >= 11 is 0. The molecule has 0 aromatic carbocycles. The van der Waals surface area contributed by atoms with Crippen molar-refractivity contribution in [2.75, 3.05) is 13.1 Å². The molecule has 1 aliphatic carbocycles. The maximum Gasteiger partial charge on any atom is 0.0124 e. The zero-order chi connectivity index (χ0) is 7.61. The molecule has 60 valence electrons. The minimum absolute atomic E-state index is 0.564. The van der Waals surface area contributed by atoms with E-state index in [1.807, 2.05) is 0 Å². The maximum atomic E-state index is 5.36.